The number of rotatable bonds is 5. The fraction of sp³-hybridized carbons (Fsp3) is 0.818. The van der Waals surface area contributed by atoms with E-state index in [9.17, 15) is 4.79 Å². The van der Waals surface area contributed by atoms with Crippen LogP contribution in [0.2, 0.25) is 0 Å². The molecule has 1 saturated heterocycles. The van der Waals surface area contributed by atoms with E-state index in [2.05, 4.69) is 16.5 Å². The van der Waals surface area contributed by atoms with E-state index in [-0.39, 0.29) is 10.7 Å². The molecule has 6 heteroatoms. The molecule has 1 aliphatic heterocycles. The molecular weight excluding hydrogens is 254 g/mol. The third kappa shape index (κ3) is 3.82. The highest BCUT2D eigenvalue weighted by Gasteiger charge is 2.36. The van der Waals surface area contributed by atoms with Gasteiger partial charge in [-0.2, -0.15) is 11.8 Å². The number of amides is 1. The number of nitrogens with zero attached hydrogens (tertiary/aromatic N) is 1. The highest BCUT2D eigenvalue weighted by atomic mass is 32.2. The molecule has 1 fully saturated rings. The minimum Gasteiger partial charge on any atom is -0.392 e. The van der Waals surface area contributed by atoms with E-state index in [4.69, 9.17) is 18.0 Å². The van der Waals surface area contributed by atoms with Crippen molar-refractivity contribution < 1.29 is 4.79 Å². The maximum Gasteiger partial charge on any atom is 0.221 e. The summed E-state index contributed by atoms with van der Waals surface area (Å²) in [6.45, 7) is 2.76. The Kier molecular flexibility index (Phi) is 5.69. The van der Waals surface area contributed by atoms with Gasteiger partial charge >= 0.3 is 0 Å². The van der Waals surface area contributed by atoms with Crippen molar-refractivity contribution in [3.8, 4) is 0 Å². The van der Waals surface area contributed by atoms with Crippen LogP contribution in [0.5, 0.6) is 0 Å². The van der Waals surface area contributed by atoms with Gasteiger partial charge in [-0.05, 0) is 32.2 Å². The molecule has 0 saturated carbocycles. The minimum absolute atomic E-state index is 0.0289. The molecule has 1 aliphatic rings. The van der Waals surface area contributed by atoms with Crippen molar-refractivity contribution in [3.05, 3.63) is 0 Å². The minimum atomic E-state index is -0.0289. The summed E-state index contributed by atoms with van der Waals surface area (Å²) in [5.41, 5.74) is 5.83. The predicted octanol–water partition coefficient (Wildman–Crippen LogP) is 0.606. The summed E-state index contributed by atoms with van der Waals surface area (Å²) in [4.78, 5) is 14.1. The number of likely N-dealkylation sites (tertiary alicyclic amines) is 1. The van der Waals surface area contributed by atoms with E-state index in [1.807, 2.05) is 0 Å². The third-order valence-electron chi connectivity index (χ3n) is 3.44. The molecular formula is C11H21N3OS2. The lowest BCUT2D eigenvalue weighted by Gasteiger charge is -2.40. The SMILES string of the molecule is CNC(=O)CCN1CCC(SC)(C(N)=S)CC1. The van der Waals surface area contributed by atoms with E-state index < -0.39 is 0 Å². The molecule has 1 rings (SSSR count). The Hall–Kier alpha value is -0.330. The molecule has 0 radical (unpaired) electrons. The number of nitrogens with one attached hydrogen (secondary N) is 1. The average molecular weight is 275 g/mol. The summed E-state index contributed by atoms with van der Waals surface area (Å²) in [6.07, 6.45) is 4.60. The molecule has 17 heavy (non-hydrogen) atoms. The number of piperidine rings is 1. The smallest absolute Gasteiger partial charge is 0.221 e. The lowest BCUT2D eigenvalue weighted by Crippen LogP contribution is -2.49. The molecule has 4 nitrogen and oxygen atoms in total. The topological polar surface area (TPSA) is 58.4 Å². The van der Waals surface area contributed by atoms with E-state index in [0.717, 1.165) is 32.5 Å². The van der Waals surface area contributed by atoms with Crippen molar-refractivity contribution in [2.75, 3.05) is 32.9 Å². The molecule has 0 aromatic carbocycles. The largest absolute Gasteiger partial charge is 0.392 e. The molecule has 1 heterocycles. The van der Waals surface area contributed by atoms with Crippen molar-refractivity contribution in [1.29, 1.82) is 0 Å². The van der Waals surface area contributed by atoms with Gasteiger partial charge in [0.1, 0.15) is 0 Å². The summed E-state index contributed by atoms with van der Waals surface area (Å²) in [5, 5.41) is 2.64. The molecule has 0 bridgehead atoms. The molecule has 0 aromatic heterocycles. The normalized spacial score (nSPS) is 19.9. The van der Waals surface area contributed by atoms with Gasteiger partial charge in [-0.15, -0.1) is 0 Å². The molecule has 1 amide bonds. The monoisotopic (exact) mass is 275 g/mol. The first kappa shape index (κ1) is 14.7. The van der Waals surface area contributed by atoms with Gasteiger partial charge in [0.05, 0.1) is 9.74 Å². The first-order valence-corrected chi connectivity index (χ1v) is 7.45. The van der Waals surface area contributed by atoms with Gasteiger partial charge < -0.3 is 16.0 Å². The second kappa shape index (κ2) is 6.56. The molecule has 98 valence electrons. The van der Waals surface area contributed by atoms with Crippen molar-refractivity contribution in [1.82, 2.24) is 10.2 Å². The van der Waals surface area contributed by atoms with Crippen LogP contribution in [0.1, 0.15) is 19.3 Å². The van der Waals surface area contributed by atoms with Gasteiger partial charge in [0.25, 0.3) is 0 Å². The summed E-state index contributed by atoms with van der Waals surface area (Å²) >= 11 is 6.92. The Balaban J connectivity index is 2.39. The van der Waals surface area contributed by atoms with Crippen molar-refractivity contribution in [2.45, 2.75) is 24.0 Å². The lowest BCUT2D eigenvalue weighted by atomic mass is 9.95. The predicted molar refractivity (Wildman–Crippen MR) is 77.4 cm³/mol. The highest BCUT2D eigenvalue weighted by Crippen LogP contribution is 2.34. The highest BCUT2D eigenvalue weighted by molar-refractivity contribution is 8.02. The van der Waals surface area contributed by atoms with Crippen LogP contribution in [0.15, 0.2) is 0 Å². The van der Waals surface area contributed by atoms with Crippen molar-refractivity contribution in [2.24, 2.45) is 5.73 Å². The Morgan fingerprint density at radius 3 is 2.53 bits per heavy atom. The fourth-order valence-corrected chi connectivity index (χ4v) is 3.32. The van der Waals surface area contributed by atoms with Crippen LogP contribution in [-0.4, -0.2) is 53.5 Å². The summed E-state index contributed by atoms with van der Waals surface area (Å²) in [7, 11) is 1.67. The number of thioether (sulfide) groups is 1. The zero-order valence-corrected chi connectivity index (χ0v) is 12.1. The summed E-state index contributed by atoms with van der Waals surface area (Å²) in [6, 6.07) is 0. The molecule has 0 atom stereocenters. The number of carbonyl (C=O) groups is 1. The molecule has 0 aromatic rings. The maximum absolute atomic E-state index is 11.2. The third-order valence-corrected chi connectivity index (χ3v) is 5.37. The van der Waals surface area contributed by atoms with E-state index in [1.54, 1.807) is 18.8 Å². The number of hydrogen-bond donors (Lipinski definition) is 2. The van der Waals surface area contributed by atoms with E-state index in [0.29, 0.717) is 11.4 Å². The second-order valence-electron chi connectivity index (χ2n) is 4.33. The average Bonchev–Trinajstić information content (AvgIpc) is 2.36. The second-order valence-corrected chi connectivity index (χ2v) is 5.96. The Labute approximate surface area is 113 Å². The van der Waals surface area contributed by atoms with E-state index >= 15 is 0 Å². The van der Waals surface area contributed by atoms with Gasteiger partial charge in [-0.25, -0.2) is 0 Å². The van der Waals surface area contributed by atoms with Crippen molar-refractivity contribution >= 4 is 34.9 Å². The Morgan fingerprint density at radius 1 is 1.53 bits per heavy atom. The van der Waals surface area contributed by atoms with Gasteiger partial charge in [-0.3, -0.25) is 4.79 Å². The van der Waals surface area contributed by atoms with Gasteiger partial charge in [0, 0.05) is 20.0 Å². The van der Waals surface area contributed by atoms with Gasteiger partial charge in [-0.1, -0.05) is 12.2 Å². The first-order valence-electron chi connectivity index (χ1n) is 5.82. The quantitative estimate of drug-likeness (QED) is 0.720. The lowest BCUT2D eigenvalue weighted by molar-refractivity contribution is -0.121. The first-order chi connectivity index (χ1) is 8.04. The van der Waals surface area contributed by atoms with Crippen molar-refractivity contribution in [3.63, 3.8) is 0 Å². The van der Waals surface area contributed by atoms with Crippen LogP contribution < -0.4 is 11.1 Å². The molecule has 3 N–H and O–H groups in total. The fourth-order valence-electron chi connectivity index (χ4n) is 2.07. The summed E-state index contributed by atoms with van der Waals surface area (Å²) < 4.78 is -0.0289. The number of carbonyl (C=O) groups excluding carboxylic acids is 1. The maximum atomic E-state index is 11.2. The van der Waals surface area contributed by atoms with Crippen LogP contribution in [-0.2, 0) is 4.79 Å². The molecule has 0 spiro atoms. The van der Waals surface area contributed by atoms with Crippen LogP contribution in [0.3, 0.4) is 0 Å². The molecule has 0 unspecified atom stereocenters. The van der Waals surface area contributed by atoms with Crippen LogP contribution >= 0.6 is 24.0 Å². The Morgan fingerprint density at radius 2 is 2.12 bits per heavy atom. The van der Waals surface area contributed by atoms with Gasteiger partial charge in [0.2, 0.25) is 5.91 Å². The standard InChI is InChI=1S/C11H21N3OS2/c1-13-9(15)3-6-14-7-4-11(17-2,5-8-14)10(12)16/h3-8H2,1-2H3,(H2,12,16)(H,13,15). The zero-order chi connectivity index (χ0) is 12.9. The zero-order valence-electron chi connectivity index (χ0n) is 10.5. The Bertz CT molecular complexity index is 288. The van der Waals surface area contributed by atoms with Crippen LogP contribution in [0.4, 0.5) is 0 Å². The molecule has 0 aliphatic carbocycles. The summed E-state index contributed by atoms with van der Waals surface area (Å²) in [5.74, 6) is 0.0982. The number of hydrogen-bond acceptors (Lipinski definition) is 4. The van der Waals surface area contributed by atoms with Crippen LogP contribution in [0.25, 0.3) is 0 Å². The van der Waals surface area contributed by atoms with Crippen LogP contribution in [0, 0.1) is 0 Å². The number of nitrogens with two attached hydrogens (primary N) is 1. The van der Waals surface area contributed by atoms with Gasteiger partial charge in [0.15, 0.2) is 0 Å². The van der Waals surface area contributed by atoms with E-state index in [1.165, 1.54) is 0 Å². The number of thiocarbonyl (C=S) groups is 1.